The maximum atomic E-state index is 13.0. The zero-order valence-corrected chi connectivity index (χ0v) is 9.81. The third-order valence-electron chi connectivity index (χ3n) is 2.02. The molecule has 0 saturated heterocycles. The molecule has 0 saturated carbocycles. The summed E-state index contributed by atoms with van der Waals surface area (Å²) in [7, 11) is 3.29. The van der Waals surface area contributed by atoms with Gasteiger partial charge < -0.3 is 16.0 Å². The van der Waals surface area contributed by atoms with Crippen LogP contribution in [0.15, 0.2) is 12.1 Å². The van der Waals surface area contributed by atoms with Crippen LogP contribution in [-0.4, -0.2) is 31.4 Å². The van der Waals surface area contributed by atoms with E-state index in [0.29, 0.717) is 5.69 Å². The second-order valence-electron chi connectivity index (χ2n) is 3.50. The number of anilines is 2. The minimum absolute atomic E-state index is 0.0333. The van der Waals surface area contributed by atoms with E-state index in [1.807, 2.05) is 0 Å². The zero-order valence-electron chi connectivity index (χ0n) is 9.05. The molecular formula is C10H13ClFN3O. The maximum absolute atomic E-state index is 13.0. The molecule has 1 amide bonds. The van der Waals surface area contributed by atoms with Crippen LogP contribution in [0.5, 0.6) is 0 Å². The van der Waals surface area contributed by atoms with Crippen LogP contribution in [0.2, 0.25) is 5.02 Å². The van der Waals surface area contributed by atoms with Gasteiger partial charge in [-0.05, 0) is 6.07 Å². The van der Waals surface area contributed by atoms with Crippen LogP contribution in [0.1, 0.15) is 0 Å². The summed E-state index contributed by atoms with van der Waals surface area (Å²) in [6.07, 6.45) is 0. The molecule has 0 bridgehead atoms. The van der Waals surface area contributed by atoms with Crippen molar-refractivity contribution >= 4 is 28.9 Å². The van der Waals surface area contributed by atoms with Gasteiger partial charge in [-0.3, -0.25) is 4.79 Å². The first-order chi connectivity index (χ1) is 7.41. The lowest BCUT2D eigenvalue weighted by molar-refractivity contribution is -0.126. The van der Waals surface area contributed by atoms with Gasteiger partial charge in [-0.2, -0.15) is 0 Å². The number of nitrogens with zero attached hydrogens (tertiary/aromatic N) is 1. The Kier molecular flexibility index (Phi) is 3.95. The Morgan fingerprint density at radius 3 is 2.75 bits per heavy atom. The molecule has 0 heterocycles. The Hall–Kier alpha value is -1.49. The van der Waals surface area contributed by atoms with Crippen LogP contribution >= 0.6 is 11.6 Å². The molecule has 16 heavy (non-hydrogen) atoms. The molecule has 0 fully saturated rings. The number of nitrogens with two attached hydrogens (primary N) is 1. The van der Waals surface area contributed by atoms with Crippen molar-refractivity contribution in [2.45, 2.75) is 0 Å². The average Bonchev–Trinajstić information content (AvgIpc) is 2.20. The van der Waals surface area contributed by atoms with E-state index >= 15 is 0 Å². The van der Waals surface area contributed by atoms with Crippen LogP contribution in [0.25, 0.3) is 0 Å². The highest BCUT2D eigenvalue weighted by Gasteiger charge is 2.08. The van der Waals surface area contributed by atoms with Crippen molar-refractivity contribution in [3.8, 4) is 0 Å². The normalized spacial score (nSPS) is 10.0. The van der Waals surface area contributed by atoms with Crippen LogP contribution in [0, 0.1) is 5.82 Å². The summed E-state index contributed by atoms with van der Waals surface area (Å²) < 4.78 is 13.0. The molecule has 0 spiro atoms. The SMILES string of the molecule is CN(C)C(=O)CNc1cc(Cl)c(F)cc1N. The summed E-state index contributed by atoms with van der Waals surface area (Å²) in [5, 5.41) is 2.76. The van der Waals surface area contributed by atoms with E-state index in [1.54, 1.807) is 14.1 Å². The van der Waals surface area contributed by atoms with Crippen LogP contribution < -0.4 is 11.1 Å². The van der Waals surface area contributed by atoms with Gasteiger partial charge in [-0.15, -0.1) is 0 Å². The fourth-order valence-electron chi connectivity index (χ4n) is 1.04. The second kappa shape index (κ2) is 5.03. The summed E-state index contributed by atoms with van der Waals surface area (Å²) >= 11 is 5.60. The number of nitrogens with one attached hydrogen (secondary N) is 1. The van der Waals surface area contributed by atoms with E-state index < -0.39 is 5.82 Å². The number of halogens is 2. The van der Waals surface area contributed by atoms with Crippen molar-refractivity contribution in [3.05, 3.63) is 23.0 Å². The van der Waals surface area contributed by atoms with Gasteiger partial charge in [0.25, 0.3) is 0 Å². The number of amides is 1. The largest absolute Gasteiger partial charge is 0.397 e. The molecule has 0 radical (unpaired) electrons. The Bertz CT molecular complexity index is 409. The van der Waals surface area contributed by atoms with Crippen molar-refractivity contribution in [2.24, 2.45) is 0 Å². The molecule has 6 heteroatoms. The topological polar surface area (TPSA) is 58.4 Å². The molecule has 0 aliphatic rings. The molecule has 0 aromatic heterocycles. The van der Waals surface area contributed by atoms with Gasteiger partial charge in [0.05, 0.1) is 22.9 Å². The van der Waals surface area contributed by atoms with Crippen molar-refractivity contribution < 1.29 is 9.18 Å². The lowest BCUT2D eigenvalue weighted by Gasteiger charge is -2.13. The first kappa shape index (κ1) is 12.6. The number of hydrogen-bond acceptors (Lipinski definition) is 3. The molecule has 1 rings (SSSR count). The third-order valence-corrected chi connectivity index (χ3v) is 2.31. The van der Waals surface area contributed by atoms with Gasteiger partial charge in [0.15, 0.2) is 0 Å². The second-order valence-corrected chi connectivity index (χ2v) is 3.90. The van der Waals surface area contributed by atoms with Gasteiger partial charge in [0, 0.05) is 20.2 Å². The van der Waals surface area contributed by atoms with Gasteiger partial charge in [0.2, 0.25) is 5.91 Å². The van der Waals surface area contributed by atoms with Crippen LogP contribution in [0.3, 0.4) is 0 Å². The average molecular weight is 246 g/mol. The molecular weight excluding hydrogens is 233 g/mol. The molecule has 0 atom stereocenters. The quantitative estimate of drug-likeness (QED) is 0.795. The Morgan fingerprint density at radius 2 is 2.19 bits per heavy atom. The molecule has 0 unspecified atom stereocenters. The molecule has 0 aliphatic carbocycles. The van der Waals surface area contributed by atoms with Crippen molar-refractivity contribution in [2.75, 3.05) is 31.7 Å². The van der Waals surface area contributed by atoms with Crippen molar-refractivity contribution in [1.82, 2.24) is 4.90 Å². The number of carbonyl (C=O) groups is 1. The number of hydrogen-bond donors (Lipinski definition) is 2. The highest BCUT2D eigenvalue weighted by atomic mass is 35.5. The highest BCUT2D eigenvalue weighted by Crippen LogP contribution is 2.25. The number of benzene rings is 1. The first-order valence-corrected chi connectivity index (χ1v) is 4.98. The van der Waals surface area contributed by atoms with Gasteiger partial charge in [-0.1, -0.05) is 11.6 Å². The maximum Gasteiger partial charge on any atom is 0.241 e. The predicted molar refractivity (Wildman–Crippen MR) is 63.0 cm³/mol. The smallest absolute Gasteiger partial charge is 0.241 e. The van der Waals surface area contributed by atoms with Gasteiger partial charge >= 0.3 is 0 Å². The van der Waals surface area contributed by atoms with Gasteiger partial charge in [-0.25, -0.2) is 4.39 Å². The van der Waals surface area contributed by atoms with Crippen molar-refractivity contribution in [3.63, 3.8) is 0 Å². The van der Waals surface area contributed by atoms with E-state index in [-0.39, 0.29) is 23.2 Å². The highest BCUT2D eigenvalue weighted by molar-refractivity contribution is 6.31. The Labute approximate surface area is 98.2 Å². The Balaban J connectivity index is 2.75. The Morgan fingerprint density at radius 1 is 1.56 bits per heavy atom. The van der Waals surface area contributed by atoms with E-state index in [4.69, 9.17) is 17.3 Å². The molecule has 1 aromatic rings. The van der Waals surface area contributed by atoms with E-state index in [0.717, 1.165) is 6.07 Å². The number of rotatable bonds is 3. The lowest BCUT2D eigenvalue weighted by atomic mass is 10.2. The van der Waals surface area contributed by atoms with E-state index in [2.05, 4.69) is 5.32 Å². The first-order valence-electron chi connectivity index (χ1n) is 4.60. The summed E-state index contributed by atoms with van der Waals surface area (Å²) in [6.45, 7) is 0.0825. The summed E-state index contributed by atoms with van der Waals surface area (Å²) in [5.74, 6) is -0.691. The molecule has 3 N–H and O–H groups in total. The monoisotopic (exact) mass is 245 g/mol. The molecule has 1 aromatic carbocycles. The zero-order chi connectivity index (χ0) is 12.3. The number of nitrogen functional groups attached to an aromatic ring is 1. The van der Waals surface area contributed by atoms with Crippen LogP contribution in [0.4, 0.5) is 15.8 Å². The summed E-state index contributed by atoms with van der Waals surface area (Å²) in [5.41, 5.74) is 6.23. The minimum atomic E-state index is -0.580. The van der Waals surface area contributed by atoms with E-state index in [9.17, 15) is 9.18 Å². The van der Waals surface area contributed by atoms with E-state index in [1.165, 1.54) is 11.0 Å². The van der Waals surface area contributed by atoms with Gasteiger partial charge in [0.1, 0.15) is 5.82 Å². The third kappa shape index (κ3) is 3.00. The lowest BCUT2D eigenvalue weighted by Crippen LogP contribution is -2.28. The number of carbonyl (C=O) groups excluding carboxylic acids is 1. The summed E-state index contributed by atoms with van der Waals surface area (Å²) in [6, 6.07) is 2.47. The minimum Gasteiger partial charge on any atom is -0.397 e. The fourth-order valence-corrected chi connectivity index (χ4v) is 1.21. The fraction of sp³-hybridized carbons (Fsp3) is 0.300. The van der Waals surface area contributed by atoms with Crippen molar-refractivity contribution in [1.29, 1.82) is 0 Å². The molecule has 0 aliphatic heterocycles. The number of likely N-dealkylation sites (N-methyl/N-ethyl adjacent to an activating group) is 1. The standard InChI is InChI=1S/C10H13ClFN3O/c1-15(2)10(16)5-14-9-3-6(11)7(12)4-8(9)13/h3-4,14H,5,13H2,1-2H3. The molecule has 4 nitrogen and oxygen atoms in total. The molecule has 88 valence electrons. The van der Waals surface area contributed by atoms with Crippen LogP contribution in [-0.2, 0) is 4.79 Å². The predicted octanol–water partition coefficient (Wildman–Crippen LogP) is 1.56. The summed E-state index contributed by atoms with van der Waals surface area (Å²) in [4.78, 5) is 12.7.